The van der Waals surface area contributed by atoms with Crippen LogP contribution in [0.4, 0.5) is 4.79 Å². The molecule has 0 aliphatic heterocycles. The lowest BCUT2D eigenvalue weighted by atomic mass is 10.2. The highest BCUT2D eigenvalue weighted by Gasteiger charge is 2.19. The normalized spacial score (nSPS) is 11.8. The third kappa shape index (κ3) is 2.48. The number of nitrogens with zero attached hydrogens (tertiary/aromatic N) is 2. The van der Waals surface area contributed by atoms with Crippen LogP contribution >= 0.6 is 11.6 Å². The lowest BCUT2D eigenvalue weighted by Crippen LogP contribution is -2.26. The average molecular weight is 267 g/mol. The summed E-state index contributed by atoms with van der Waals surface area (Å²) in [4.78, 5) is 16.2. The molecule has 2 heterocycles. The quantitative estimate of drug-likeness (QED) is 0.742. The van der Waals surface area contributed by atoms with E-state index in [1.807, 2.05) is 32.9 Å². The Bertz CT molecular complexity index is 584. The summed E-state index contributed by atoms with van der Waals surface area (Å²) in [6.07, 6.45) is 2.86. The molecule has 0 aromatic carbocycles. The summed E-state index contributed by atoms with van der Waals surface area (Å²) in [6.45, 7) is 5.48. The van der Waals surface area contributed by atoms with E-state index < -0.39 is 11.7 Å². The Labute approximate surface area is 111 Å². The van der Waals surface area contributed by atoms with Crippen molar-refractivity contribution < 1.29 is 9.53 Å². The number of carbonyl (C=O) groups is 1. The van der Waals surface area contributed by atoms with Crippen LogP contribution in [-0.4, -0.2) is 21.2 Å². The number of fused-ring (bicyclic) bond motifs is 1. The summed E-state index contributed by atoms with van der Waals surface area (Å²) >= 11 is 5.85. The number of hydrogen-bond donors (Lipinski definition) is 0. The number of alkyl halides is 1. The van der Waals surface area contributed by atoms with E-state index in [2.05, 4.69) is 4.98 Å². The summed E-state index contributed by atoms with van der Waals surface area (Å²) in [5, 5.41) is 0.873. The van der Waals surface area contributed by atoms with Gasteiger partial charge in [0.2, 0.25) is 0 Å². The second kappa shape index (κ2) is 4.61. The fourth-order valence-electron chi connectivity index (χ4n) is 1.67. The molecule has 0 N–H and O–H groups in total. The minimum Gasteiger partial charge on any atom is -0.443 e. The van der Waals surface area contributed by atoms with Gasteiger partial charge in [-0.1, -0.05) is 0 Å². The van der Waals surface area contributed by atoms with Gasteiger partial charge in [0.1, 0.15) is 11.2 Å². The van der Waals surface area contributed by atoms with Gasteiger partial charge < -0.3 is 4.74 Å². The molecule has 0 amide bonds. The van der Waals surface area contributed by atoms with E-state index in [9.17, 15) is 4.79 Å². The topological polar surface area (TPSA) is 44.1 Å². The maximum absolute atomic E-state index is 12.0. The van der Waals surface area contributed by atoms with Crippen molar-refractivity contribution in [1.29, 1.82) is 0 Å². The monoisotopic (exact) mass is 266 g/mol. The summed E-state index contributed by atoms with van der Waals surface area (Å²) in [6, 6.07) is 3.67. The zero-order valence-electron chi connectivity index (χ0n) is 10.6. The second-order valence-corrected chi connectivity index (χ2v) is 5.27. The first-order valence-corrected chi connectivity index (χ1v) is 6.20. The average Bonchev–Trinajstić information content (AvgIpc) is 2.69. The van der Waals surface area contributed by atoms with Crippen molar-refractivity contribution in [3.8, 4) is 0 Å². The maximum Gasteiger partial charge on any atom is 0.420 e. The molecule has 18 heavy (non-hydrogen) atoms. The van der Waals surface area contributed by atoms with E-state index in [1.54, 1.807) is 12.4 Å². The highest BCUT2D eigenvalue weighted by Crippen LogP contribution is 2.20. The number of pyridine rings is 1. The molecule has 0 aliphatic rings. The molecule has 5 heteroatoms. The van der Waals surface area contributed by atoms with E-state index in [-0.39, 0.29) is 0 Å². The molecular weight excluding hydrogens is 252 g/mol. The number of halogens is 1. The van der Waals surface area contributed by atoms with Crippen LogP contribution in [0.5, 0.6) is 0 Å². The Morgan fingerprint density at radius 1 is 1.44 bits per heavy atom. The van der Waals surface area contributed by atoms with Gasteiger partial charge in [-0.25, -0.2) is 14.3 Å². The number of carbonyl (C=O) groups excluding carboxylic acids is 1. The number of aromatic nitrogens is 2. The Balaban J connectivity index is 2.44. The first kappa shape index (κ1) is 12.9. The Morgan fingerprint density at radius 2 is 2.17 bits per heavy atom. The fraction of sp³-hybridized carbons (Fsp3) is 0.385. The minimum absolute atomic E-state index is 0.386. The SMILES string of the molecule is CC(C)(C)OC(=O)n1ccc2c(CCl)ccnc21. The molecule has 0 atom stereocenters. The molecule has 0 radical (unpaired) electrons. The van der Waals surface area contributed by atoms with E-state index in [1.165, 1.54) is 4.57 Å². The van der Waals surface area contributed by atoms with Crippen molar-refractivity contribution >= 4 is 28.7 Å². The zero-order chi connectivity index (χ0) is 13.3. The summed E-state index contributed by atoms with van der Waals surface area (Å²) in [7, 11) is 0. The highest BCUT2D eigenvalue weighted by atomic mass is 35.5. The van der Waals surface area contributed by atoms with E-state index >= 15 is 0 Å². The predicted octanol–water partition coefficient (Wildman–Crippen LogP) is 3.56. The van der Waals surface area contributed by atoms with Gasteiger partial charge >= 0.3 is 6.09 Å². The van der Waals surface area contributed by atoms with Crippen molar-refractivity contribution in [3.05, 3.63) is 30.1 Å². The summed E-state index contributed by atoms with van der Waals surface area (Å²) < 4.78 is 6.71. The molecule has 2 rings (SSSR count). The zero-order valence-corrected chi connectivity index (χ0v) is 11.4. The summed E-state index contributed by atoms with van der Waals surface area (Å²) in [5.74, 6) is 0.386. The van der Waals surface area contributed by atoms with Crippen molar-refractivity contribution in [2.24, 2.45) is 0 Å². The van der Waals surface area contributed by atoms with E-state index in [0.29, 0.717) is 11.5 Å². The van der Waals surface area contributed by atoms with Crippen molar-refractivity contribution in [2.75, 3.05) is 0 Å². The number of ether oxygens (including phenoxy) is 1. The van der Waals surface area contributed by atoms with Crippen LogP contribution in [-0.2, 0) is 10.6 Å². The van der Waals surface area contributed by atoms with Crippen LogP contribution in [0.1, 0.15) is 26.3 Å². The van der Waals surface area contributed by atoms with Crippen molar-refractivity contribution in [2.45, 2.75) is 32.3 Å². The molecule has 0 saturated heterocycles. The number of hydrogen-bond acceptors (Lipinski definition) is 3. The van der Waals surface area contributed by atoms with Gasteiger partial charge in [-0.15, -0.1) is 11.6 Å². The largest absolute Gasteiger partial charge is 0.443 e. The second-order valence-electron chi connectivity index (χ2n) is 5.01. The lowest BCUT2D eigenvalue weighted by molar-refractivity contribution is 0.0543. The van der Waals surface area contributed by atoms with Gasteiger partial charge in [-0.2, -0.15) is 0 Å². The van der Waals surface area contributed by atoms with Crippen LogP contribution in [0, 0.1) is 0 Å². The fourth-order valence-corrected chi connectivity index (χ4v) is 1.90. The molecule has 0 bridgehead atoms. The van der Waals surface area contributed by atoms with E-state index in [0.717, 1.165) is 10.9 Å². The van der Waals surface area contributed by atoms with Crippen LogP contribution in [0.2, 0.25) is 0 Å². The van der Waals surface area contributed by atoms with E-state index in [4.69, 9.17) is 16.3 Å². The summed E-state index contributed by atoms with van der Waals surface area (Å²) in [5.41, 5.74) is 0.990. The molecule has 0 unspecified atom stereocenters. The molecule has 96 valence electrons. The van der Waals surface area contributed by atoms with Crippen LogP contribution < -0.4 is 0 Å². The van der Waals surface area contributed by atoms with Crippen LogP contribution in [0.3, 0.4) is 0 Å². The predicted molar refractivity (Wildman–Crippen MR) is 70.9 cm³/mol. The highest BCUT2D eigenvalue weighted by molar-refractivity contribution is 6.18. The molecule has 2 aromatic rings. The minimum atomic E-state index is -0.530. The van der Waals surface area contributed by atoms with Gasteiger partial charge in [0.05, 0.1) is 0 Å². The molecule has 0 saturated carbocycles. The molecule has 0 aliphatic carbocycles. The van der Waals surface area contributed by atoms with Crippen molar-refractivity contribution in [1.82, 2.24) is 9.55 Å². The Kier molecular flexibility index (Phi) is 3.30. The maximum atomic E-state index is 12.0. The van der Waals surface area contributed by atoms with Crippen LogP contribution in [0.15, 0.2) is 24.5 Å². The molecular formula is C13H15ClN2O2. The van der Waals surface area contributed by atoms with Gasteiger partial charge in [0.25, 0.3) is 0 Å². The molecule has 2 aromatic heterocycles. The van der Waals surface area contributed by atoms with Gasteiger partial charge in [-0.3, -0.25) is 0 Å². The Morgan fingerprint density at radius 3 is 2.78 bits per heavy atom. The Hall–Kier alpha value is -1.55. The molecule has 4 nitrogen and oxygen atoms in total. The number of rotatable bonds is 1. The first-order valence-electron chi connectivity index (χ1n) is 5.66. The van der Waals surface area contributed by atoms with Crippen LogP contribution in [0.25, 0.3) is 11.0 Å². The van der Waals surface area contributed by atoms with Gasteiger partial charge in [0, 0.05) is 23.7 Å². The first-order chi connectivity index (χ1) is 8.42. The molecule has 0 fully saturated rings. The molecule has 0 spiro atoms. The van der Waals surface area contributed by atoms with Gasteiger partial charge in [-0.05, 0) is 38.5 Å². The van der Waals surface area contributed by atoms with Gasteiger partial charge in [0.15, 0.2) is 0 Å². The standard InChI is InChI=1S/C13H15ClN2O2/c1-13(2,3)18-12(17)16-7-5-10-9(8-14)4-6-15-11(10)16/h4-7H,8H2,1-3H3. The smallest absolute Gasteiger partial charge is 0.420 e. The third-order valence-corrected chi connectivity index (χ3v) is 2.70. The third-order valence-electron chi connectivity index (χ3n) is 2.41. The lowest BCUT2D eigenvalue weighted by Gasteiger charge is -2.19. The van der Waals surface area contributed by atoms with Crippen molar-refractivity contribution in [3.63, 3.8) is 0 Å².